The Hall–Kier alpha value is -1.19. The number of aliphatic hydroxyl groups excluding tert-OH is 1. The first-order valence-electron chi connectivity index (χ1n) is 5.74. The number of aliphatic hydroxyl groups is 1. The molecule has 3 rings (SSSR count). The third-order valence-electron chi connectivity index (χ3n) is 3.22. The second-order valence-electron chi connectivity index (χ2n) is 4.48. The number of hydrogen-bond donors (Lipinski definition) is 1. The van der Waals surface area contributed by atoms with Gasteiger partial charge in [-0.15, -0.1) is 11.3 Å². The molecular formula is C14H13FOS. The molecule has 1 atom stereocenters. The molecule has 0 radical (unpaired) electrons. The van der Waals surface area contributed by atoms with Gasteiger partial charge in [0.05, 0.1) is 6.10 Å². The molecule has 0 saturated carbocycles. The minimum Gasteiger partial charge on any atom is -0.388 e. The van der Waals surface area contributed by atoms with Crippen molar-refractivity contribution in [3.8, 4) is 10.4 Å². The van der Waals surface area contributed by atoms with Gasteiger partial charge in [-0.05, 0) is 54.7 Å². The lowest BCUT2D eigenvalue weighted by Crippen LogP contribution is -2.01. The van der Waals surface area contributed by atoms with Crippen LogP contribution in [0.2, 0.25) is 0 Å². The monoisotopic (exact) mass is 248 g/mol. The van der Waals surface area contributed by atoms with Crippen molar-refractivity contribution in [2.75, 3.05) is 0 Å². The van der Waals surface area contributed by atoms with E-state index in [9.17, 15) is 9.50 Å². The van der Waals surface area contributed by atoms with Gasteiger partial charge in [0.25, 0.3) is 0 Å². The molecule has 0 saturated heterocycles. The molecule has 1 aromatic carbocycles. The summed E-state index contributed by atoms with van der Waals surface area (Å²) in [5, 5.41) is 9.61. The molecule has 0 fully saturated rings. The Labute approximate surface area is 104 Å². The molecule has 1 nitrogen and oxygen atoms in total. The Morgan fingerprint density at radius 1 is 1.24 bits per heavy atom. The van der Waals surface area contributed by atoms with Crippen molar-refractivity contribution in [2.45, 2.75) is 25.9 Å². The van der Waals surface area contributed by atoms with Crippen LogP contribution in [-0.4, -0.2) is 5.11 Å². The first-order chi connectivity index (χ1) is 8.15. The quantitative estimate of drug-likeness (QED) is 0.815. The zero-order valence-corrected chi connectivity index (χ0v) is 10.4. The van der Waals surface area contributed by atoms with E-state index in [0.29, 0.717) is 0 Å². The van der Waals surface area contributed by atoms with Gasteiger partial charge in [0.1, 0.15) is 5.82 Å². The molecule has 17 heavy (non-hydrogen) atoms. The Morgan fingerprint density at radius 2 is 2.00 bits per heavy atom. The maximum atomic E-state index is 13.3. The molecule has 88 valence electrons. The van der Waals surface area contributed by atoms with Crippen LogP contribution in [0.5, 0.6) is 0 Å². The number of halogens is 1. The van der Waals surface area contributed by atoms with E-state index in [4.69, 9.17) is 0 Å². The SMILES string of the molecule is CC(O)c1cc2c(s1)-c1cc(F)ccc1CC2. The van der Waals surface area contributed by atoms with Gasteiger partial charge in [0, 0.05) is 9.75 Å². The summed E-state index contributed by atoms with van der Waals surface area (Å²) in [4.78, 5) is 2.09. The third-order valence-corrected chi connectivity index (χ3v) is 4.60. The molecule has 3 heteroatoms. The van der Waals surface area contributed by atoms with Gasteiger partial charge in [0.15, 0.2) is 0 Å². The number of fused-ring (bicyclic) bond motifs is 3. The van der Waals surface area contributed by atoms with Crippen LogP contribution < -0.4 is 0 Å². The van der Waals surface area contributed by atoms with Crippen LogP contribution in [0.4, 0.5) is 4.39 Å². The summed E-state index contributed by atoms with van der Waals surface area (Å²) in [7, 11) is 0. The van der Waals surface area contributed by atoms with E-state index in [2.05, 4.69) is 6.07 Å². The van der Waals surface area contributed by atoms with Crippen molar-refractivity contribution < 1.29 is 9.50 Å². The van der Waals surface area contributed by atoms with Crippen LogP contribution in [0.3, 0.4) is 0 Å². The highest BCUT2D eigenvalue weighted by Gasteiger charge is 2.20. The molecular weight excluding hydrogens is 235 g/mol. The van der Waals surface area contributed by atoms with E-state index in [1.807, 2.05) is 6.07 Å². The number of benzene rings is 1. The smallest absolute Gasteiger partial charge is 0.123 e. The van der Waals surface area contributed by atoms with Crippen molar-refractivity contribution in [3.63, 3.8) is 0 Å². The van der Waals surface area contributed by atoms with Crippen LogP contribution in [0.15, 0.2) is 24.3 Å². The molecule has 0 spiro atoms. The number of aryl methyl sites for hydroxylation is 2. The van der Waals surface area contributed by atoms with Gasteiger partial charge in [-0.1, -0.05) is 6.07 Å². The topological polar surface area (TPSA) is 20.2 Å². The largest absolute Gasteiger partial charge is 0.388 e. The molecule has 0 amide bonds. The first-order valence-corrected chi connectivity index (χ1v) is 6.56. The van der Waals surface area contributed by atoms with Gasteiger partial charge in [-0.25, -0.2) is 4.39 Å². The average Bonchev–Trinajstić information content (AvgIpc) is 2.73. The van der Waals surface area contributed by atoms with E-state index in [1.165, 1.54) is 17.2 Å². The highest BCUT2D eigenvalue weighted by Crippen LogP contribution is 2.41. The summed E-state index contributed by atoms with van der Waals surface area (Å²) in [5.41, 5.74) is 3.45. The average molecular weight is 248 g/mol. The fourth-order valence-corrected chi connectivity index (χ4v) is 3.52. The lowest BCUT2D eigenvalue weighted by molar-refractivity contribution is 0.203. The number of rotatable bonds is 1. The molecule has 1 N–H and O–H groups in total. The van der Waals surface area contributed by atoms with E-state index in [0.717, 1.165) is 28.2 Å². The number of thiophene rings is 1. The van der Waals surface area contributed by atoms with Crippen molar-refractivity contribution in [1.82, 2.24) is 0 Å². The fraction of sp³-hybridized carbons (Fsp3) is 0.286. The Kier molecular flexibility index (Phi) is 2.53. The first kappa shape index (κ1) is 10.9. The summed E-state index contributed by atoms with van der Waals surface area (Å²) in [6.07, 6.45) is 1.50. The van der Waals surface area contributed by atoms with Crippen molar-refractivity contribution in [3.05, 3.63) is 46.1 Å². The van der Waals surface area contributed by atoms with E-state index < -0.39 is 6.10 Å². The van der Waals surface area contributed by atoms with Crippen LogP contribution in [0.25, 0.3) is 10.4 Å². The lowest BCUT2D eigenvalue weighted by Gasteiger charge is -2.15. The Balaban J connectivity index is 2.18. The molecule has 0 aliphatic heterocycles. The second-order valence-corrected chi connectivity index (χ2v) is 5.56. The van der Waals surface area contributed by atoms with Gasteiger partial charge >= 0.3 is 0 Å². The van der Waals surface area contributed by atoms with Crippen molar-refractivity contribution >= 4 is 11.3 Å². The van der Waals surface area contributed by atoms with E-state index in [1.54, 1.807) is 24.3 Å². The third kappa shape index (κ3) is 1.79. The predicted octanol–water partition coefficient (Wildman–Crippen LogP) is 3.71. The molecule has 1 aromatic heterocycles. The maximum absolute atomic E-state index is 13.3. The second kappa shape index (κ2) is 3.93. The summed E-state index contributed by atoms with van der Waals surface area (Å²) in [6, 6.07) is 7.05. The highest BCUT2D eigenvalue weighted by atomic mass is 32.1. The van der Waals surface area contributed by atoms with Crippen molar-refractivity contribution in [1.29, 1.82) is 0 Å². The molecule has 0 bridgehead atoms. The predicted molar refractivity (Wildman–Crippen MR) is 67.8 cm³/mol. The van der Waals surface area contributed by atoms with Crippen LogP contribution in [0.1, 0.15) is 29.0 Å². The highest BCUT2D eigenvalue weighted by molar-refractivity contribution is 7.15. The van der Waals surface area contributed by atoms with E-state index in [-0.39, 0.29) is 5.82 Å². The van der Waals surface area contributed by atoms with Gasteiger partial charge in [-0.2, -0.15) is 0 Å². The Morgan fingerprint density at radius 3 is 2.76 bits per heavy atom. The van der Waals surface area contributed by atoms with Crippen LogP contribution in [-0.2, 0) is 12.8 Å². The molecule has 2 aromatic rings. The zero-order chi connectivity index (χ0) is 12.0. The summed E-state index contributed by atoms with van der Waals surface area (Å²) in [5.74, 6) is -0.191. The Bertz CT molecular complexity index is 572. The molecule has 1 heterocycles. The summed E-state index contributed by atoms with van der Waals surface area (Å²) < 4.78 is 13.3. The minimum atomic E-state index is -0.442. The van der Waals surface area contributed by atoms with Crippen molar-refractivity contribution in [2.24, 2.45) is 0 Å². The summed E-state index contributed by atoms with van der Waals surface area (Å²) in [6.45, 7) is 1.77. The van der Waals surface area contributed by atoms with Gasteiger partial charge in [0.2, 0.25) is 0 Å². The zero-order valence-electron chi connectivity index (χ0n) is 9.53. The van der Waals surface area contributed by atoms with Crippen LogP contribution in [0, 0.1) is 5.82 Å². The molecule has 1 unspecified atom stereocenters. The van der Waals surface area contributed by atoms with Gasteiger partial charge in [-0.3, -0.25) is 0 Å². The van der Waals surface area contributed by atoms with Crippen LogP contribution >= 0.6 is 11.3 Å². The normalized spacial score (nSPS) is 15.2. The van der Waals surface area contributed by atoms with E-state index >= 15 is 0 Å². The molecule has 1 aliphatic rings. The summed E-state index contributed by atoms with van der Waals surface area (Å²) >= 11 is 1.58. The maximum Gasteiger partial charge on any atom is 0.123 e. The minimum absolute atomic E-state index is 0.191. The fourth-order valence-electron chi connectivity index (χ4n) is 2.32. The lowest BCUT2D eigenvalue weighted by atomic mass is 9.91. The number of hydrogen-bond acceptors (Lipinski definition) is 2. The standard InChI is InChI=1S/C14H13FOS/c1-8(16)13-6-10-3-2-9-4-5-11(15)7-12(9)14(10)17-13/h4-8,16H,2-3H2,1H3. The molecule has 1 aliphatic carbocycles. The van der Waals surface area contributed by atoms with Gasteiger partial charge < -0.3 is 5.11 Å².